The molecule has 108 valence electrons. The zero-order valence-electron chi connectivity index (χ0n) is 10.0. The van der Waals surface area contributed by atoms with Crippen LogP contribution in [-0.4, -0.2) is 20.5 Å². The normalized spacial score (nSPS) is 17.4. The summed E-state index contributed by atoms with van der Waals surface area (Å²) in [4.78, 5) is 0.222. The van der Waals surface area contributed by atoms with Gasteiger partial charge in [-0.15, -0.1) is 12.4 Å². The molecule has 8 heteroatoms. The van der Waals surface area contributed by atoms with Gasteiger partial charge in [0, 0.05) is 21.0 Å². The summed E-state index contributed by atoms with van der Waals surface area (Å²) in [7, 11) is -3.53. The molecule has 19 heavy (non-hydrogen) atoms. The molecule has 0 heterocycles. The minimum Gasteiger partial charge on any atom is -0.324 e. The average molecular weight is 435 g/mol. The van der Waals surface area contributed by atoms with Crippen LogP contribution in [-0.2, 0) is 10.0 Å². The summed E-state index contributed by atoms with van der Waals surface area (Å²) in [6, 6.07) is 5.04. The van der Waals surface area contributed by atoms with Gasteiger partial charge in [-0.25, -0.2) is 13.1 Å². The highest BCUT2D eigenvalue weighted by atomic mass is 79.9. The second kappa shape index (κ2) is 6.41. The number of hydrogen-bond acceptors (Lipinski definition) is 3. The first-order chi connectivity index (χ1) is 8.32. The summed E-state index contributed by atoms with van der Waals surface area (Å²) in [5, 5.41) is 0. The van der Waals surface area contributed by atoms with E-state index in [9.17, 15) is 8.42 Å². The number of benzene rings is 1. The van der Waals surface area contributed by atoms with Gasteiger partial charge in [0.25, 0.3) is 0 Å². The summed E-state index contributed by atoms with van der Waals surface area (Å²) in [6.07, 6.45) is 2.81. The Hall–Kier alpha value is 0.340. The Balaban J connectivity index is 0.00000180. The molecule has 0 aromatic heterocycles. The number of nitrogens with two attached hydrogens (primary N) is 1. The summed E-state index contributed by atoms with van der Waals surface area (Å²) < 4.78 is 28.2. The monoisotopic (exact) mass is 432 g/mol. The molecule has 1 aromatic rings. The molecule has 0 spiro atoms. The van der Waals surface area contributed by atoms with Gasteiger partial charge in [0.2, 0.25) is 10.0 Å². The topological polar surface area (TPSA) is 72.2 Å². The highest BCUT2D eigenvalue weighted by molar-refractivity contribution is 9.11. The van der Waals surface area contributed by atoms with Crippen molar-refractivity contribution in [2.24, 2.45) is 5.73 Å². The van der Waals surface area contributed by atoms with Gasteiger partial charge < -0.3 is 5.73 Å². The third kappa shape index (κ3) is 4.15. The molecule has 0 atom stereocenters. The molecule has 3 N–H and O–H groups in total. The lowest BCUT2D eigenvalue weighted by molar-refractivity contribution is 0.251. The van der Waals surface area contributed by atoms with E-state index in [2.05, 4.69) is 36.6 Å². The maximum Gasteiger partial charge on any atom is 0.241 e. The molecule has 1 saturated carbocycles. The first-order valence-corrected chi connectivity index (χ1v) is 8.63. The van der Waals surface area contributed by atoms with Gasteiger partial charge in [0.15, 0.2) is 0 Å². The van der Waals surface area contributed by atoms with E-state index in [-0.39, 0.29) is 29.4 Å². The van der Waals surface area contributed by atoms with Gasteiger partial charge in [0.1, 0.15) is 0 Å². The number of sulfonamides is 1. The molecular formula is C11H15Br2ClN2O2S. The van der Waals surface area contributed by atoms with Crippen molar-refractivity contribution in [1.82, 2.24) is 4.72 Å². The van der Waals surface area contributed by atoms with Gasteiger partial charge in [0.05, 0.1) is 4.90 Å². The molecule has 0 radical (unpaired) electrons. The van der Waals surface area contributed by atoms with E-state index in [4.69, 9.17) is 5.73 Å². The van der Waals surface area contributed by atoms with Crippen molar-refractivity contribution >= 4 is 54.3 Å². The van der Waals surface area contributed by atoms with Crippen LogP contribution in [0.3, 0.4) is 0 Å². The first-order valence-electron chi connectivity index (χ1n) is 5.56. The predicted octanol–water partition coefficient (Wildman–Crippen LogP) is 2.79. The van der Waals surface area contributed by atoms with E-state index in [1.807, 2.05) is 0 Å². The van der Waals surface area contributed by atoms with E-state index in [1.165, 1.54) is 0 Å². The summed E-state index contributed by atoms with van der Waals surface area (Å²) in [6.45, 7) is 0.286. The van der Waals surface area contributed by atoms with Crippen molar-refractivity contribution in [3.8, 4) is 0 Å². The third-order valence-corrected chi connectivity index (χ3v) is 6.03. The van der Waals surface area contributed by atoms with E-state index in [0.717, 1.165) is 23.7 Å². The first kappa shape index (κ1) is 17.4. The van der Waals surface area contributed by atoms with Crippen LogP contribution < -0.4 is 10.5 Å². The lowest BCUT2D eigenvalue weighted by Gasteiger charge is -2.38. The molecule has 4 nitrogen and oxygen atoms in total. The van der Waals surface area contributed by atoms with Crippen molar-refractivity contribution < 1.29 is 8.42 Å². The van der Waals surface area contributed by atoms with Crippen LogP contribution in [0.15, 0.2) is 32.0 Å². The molecule has 0 bridgehead atoms. The standard InChI is InChI=1S/C11H14Br2N2O2S.ClH/c12-8-2-3-9(13)10(6-8)18(16,17)15-7-11(14)4-1-5-11;/h2-3,6,15H,1,4-5,7,14H2;1H. The van der Waals surface area contributed by atoms with E-state index >= 15 is 0 Å². The minimum absolute atomic E-state index is 0. The van der Waals surface area contributed by atoms with Crippen LogP contribution in [0, 0.1) is 0 Å². The van der Waals surface area contributed by atoms with Crippen LogP contribution in [0.5, 0.6) is 0 Å². The fourth-order valence-electron chi connectivity index (χ4n) is 1.81. The zero-order valence-corrected chi connectivity index (χ0v) is 14.8. The number of halogens is 3. The number of rotatable bonds is 4. The SMILES string of the molecule is Cl.NC1(CNS(=O)(=O)c2cc(Br)ccc2Br)CCC1. The fraction of sp³-hybridized carbons (Fsp3) is 0.455. The van der Waals surface area contributed by atoms with Gasteiger partial charge in [-0.3, -0.25) is 0 Å². The molecule has 0 unspecified atom stereocenters. The molecule has 0 saturated heterocycles. The summed E-state index contributed by atoms with van der Waals surface area (Å²) in [5.41, 5.74) is 5.64. The molecule has 2 rings (SSSR count). The van der Waals surface area contributed by atoms with E-state index < -0.39 is 10.0 Å². The molecule has 1 aromatic carbocycles. The van der Waals surface area contributed by atoms with Crippen molar-refractivity contribution in [3.63, 3.8) is 0 Å². The Morgan fingerprint density at radius 2 is 1.95 bits per heavy atom. The van der Waals surface area contributed by atoms with Crippen LogP contribution in [0.4, 0.5) is 0 Å². The fourth-order valence-corrected chi connectivity index (χ4v) is 4.45. The van der Waals surface area contributed by atoms with Crippen molar-refractivity contribution in [2.75, 3.05) is 6.54 Å². The van der Waals surface area contributed by atoms with E-state index in [0.29, 0.717) is 4.47 Å². The predicted molar refractivity (Wildman–Crippen MR) is 85.0 cm³/mol. The minimum atomic E-state index is -3.53. The Labute approximate surface area is 136 Å². The zero-order chi connectivity index (χ0) is 13.4. The summed E-state index contributed by atoms with van der Waals surface area (Å²) >= 11 is 6.51. The highest BCUT2D eigenvalue weighted by Gasteiger charge is 2.34. The second-order valence-electron chi connectivity index (χ2n) is 4.62. The largest absolute Gasteiger partial charge is 0.324 e. The third-order valence-electron chi connectivity index (χ3n) is 3.15. The number of nitrogens with one attached hydrogen (secondary N) is 1. The summed E-state index contributed by atoms with van der Waals surface area (Å²) in [5.74, 6) is 0. The molecular weight excluding hydrogens is 419 g/mol. The Morgan fingerprint density at radius 3 is 2.47 bits per heavy atom. The lowest BCUT2D eigenvalue weighted by atomic mass is 9.78. The maximum atomic E-state index is 12.2. The Morgan fingerprint density at radius 1 is 1.32 bits per heavy atom. The van der Waals surface area contributed by atoms with Gasteiger partial charge in [-0.05, 0) is 53.4 Å². The second-order valence-corrected chi connectivity index (χ2v) is 8.12. The quantitative estimate of drug-likeness (QED) is 0.766. The van der Waals surface area contributed by atoms with Gasteiger partial charge in [-0.1, -0.05) is 15.9 Å². The Kier molecular flexibility index (Phi) is 5.86. The maximum absolute atomic E-state index is 12.2. The van der Waals surface area contributed by atoms with Crippen molar-refractivity contribution in [2.45, 2.75) is 29.7 Å². The molecule has 1 aliphatic rings. The van der Waals surface area contributed by atoms with Crippen LogP contribution in [0.25, 0.3) is 0 Å². The van der Waals surface area contributed by atoms with Crippen LogP contribution in [0.1, 0.15) is 19.3 Å². The average Bonchev–Trinajstić information content (AvgIpc) is 2.27. The Bertz CT molecular complexity index is 562. The number of hydrogen-bond donors (Lipinski definition) is 2. The van der Waals surface area contributed by atoms with Crippen molar-refractivity contribution in [3.05, 3.63) is 27.1 Å². The van der Waals surface area contributed by atoms with Crippen molar-refractivity contribution in [1.29, 1.82) is 0 Å². The smallest absolute Gasteiger partial charge is 0.241 e. The van der Waals surface area contributed by atoms with Crippen LogP contribution >= 0.6 is 44.3 Å². The lowest BCUT2D eigenvalue weighted by Crippen LogP contribution is -2.54. The molecule has 0 amide bonds. The molecule has 1 fully saturated rings. The highest BCUT2D eigenvalue weighted by Crippen LogP contribution is 2.30. The van der Waals surface area contributed by atoms with Crippen LogP contribution in [0.2, 0.25) is 0 Å². The van der Waals surface area contributed by atoms with E-state index in [1.54, 1.807) is 18.2 Å². The molecule has 1 aliphatic carbocycles. The van der Waals surface area contributed by atoms with Gasteiger partial charge in [-0.2, -0.15) is 0 Å². The van der Waals surface area contributed by atoms with Gasteiger partial charge >= 0.3 is 0 Å². The molecule has 0 aliphatic heterocycles.